The first-order chi connectivity index (χ1) is 8.98. The van der Waals surface area contributed by atoms with Crippen LogP contribution in [0.25, 0.3) is 0 Å². The fourth-order valence-electron chi connectivity index (χ4n) is 2.84. The van der Waals surface area contributed by atoms with Crippen molar-refractivity contribution in [3.8, 4) is 0 Å². The summed E-state index contributed by atoms with van der Waals surface area (Å²) < 4.78 is 26.6. The standard InChI is InChI=1S/C13H16N2O3S/c1-9-2-4-10(5-3-9)19(17,18)15-7-6-11-12(15)8-13(16)14-11/h2-5,11-12H,6-8H2,1H3,(H,14,16)/t11-,12+/m1/s1. The molecule has 6 heteroatoms. The lowest BCUT2D eigenvalue weighted by Gasteiger charge is -2.22. The number of sulfonamides is 1. The number of aryl methyl sites for hydroxylation is 1. The van der Waals surface area contributed by atoms with Gasteiger partial charge in [-0.25, -0.2) is 8.42 Å². The second-order valence-electron chi connectivity index (χ2n) is 5.16. The van der Waals surface area contributed by atoms with E-state index < -0.39 is 10.0 Å². The van der Waals surface area contributed by atoms with Crippen molar-refractivity contribution in [1.29, 1.82) is 0 Å². The van der Waals surface area contributed by atoms with Crippen LogP contribution in [0.15, 0.2) is 29.2 Å². The van der Waals surface area contributed by atoms with E-state index >= 15 is 0 Å². The van der Waals surface area contributed by atoms with Gasteiger partial charge in [0.25, 0.3) is 0 Å². The molecule has 1 N–H and O–H groups in total. The predicted molar refractivity (Wildman–Crippen MR) is 70.0 cm³/mol. The normalized spacial score (nSPS) is 27.3. The molecule has 0 aromatic heterocycles. The number of benzene rings is 1. The maximum absolute atomic E-state index is 12.6. The molecule has 1 aromatic rings. The van der Waals surface area contributed by atoms with Crippen LogP contribution in [0.1, 0.15) is 18.4 Å². The molecule has 0 spiro atoms. The summed E-state index contributed by atoms with van der Waals surface area (Å²) in [6, 6.07) is 6.59. The molecule has 0 bridgehead atoms. The summed E-state index contributed by atoms with van der Waals surface area (Å²) in [5, 5.41) is 2.83. The van der Waals surface area contributed by atoms with Crippen LogP contribution in [-0.4, -0.2) is 37.3 Å². The SMILES string of the molecule is Cc1ccc(S(=O)(=O)N2CC[C@H]3NC(=O)C[C@@H]32)cc1. The van der Waals surface area contributed by atoms with E-state index in [0.717, 1.165) is 5.56 Å². The van der Waals surface area contributed by atoms with E-state index in [9.17, 15) is 13.2 Å². The van der Waals surface area contributed by atoms with Gasteiger partial charge in [-0.15, -0.1) is 0 Å². The summed E-state index contributed by atoms with van der Waals surface area (Å²) in [6.45, 7) is 2.40. The molecular weight excluding hydrogens is 264 g/mol. The van der Waals surface area contributed by atoms with Crippen molar-refractivity contribution in [3.05, 3.63) is 29.8 Å². The lowest BCUT2D eigenvalue weighted by atomic mass is 10.1. The van der Waals surface area contributed by atoms with Crippen molar-refractivity contribution < 1.29 is 13.2 Å². The van der Waals surface area contributed by atoms with E-state index in [2.05, 4.69) is 5.32 Å². The molecule has 2 aliphatic rings. The monoisotopic (exact) mass is 280 g/mol. The smallest absolute Gasteiger partial charge is 0.243 e. The highest BCUT2D eigenvalue weighted by Crippen LogP contribution is 2.31. The van der Waals surface area contributed by atoms with E-state index in [4.69, 9.17) is 0 Å². The Balaban J connectivity index is 1.93. The predicted octanol–water partition coefficient (Wildman–Crippen LogP) is 0.647. The third-order valence-electron chi connectivity index (χ3n) is 3.86. The Morgan fingerprint density at radius 3 is 2.63 bits per heavy atom. The molecule has 2 atom stereocenters. The zero-order valence-corrected chi connectivity index (χ0v) is 11.5. The van der Waals surface area contributed by atoms with Crippen LogP contribution in [-0.2, 0) is 14.8 Å². The molecule has 2 heterocycles. The molecule has 3 rings (SSSR count). The second-order valence-corrected chi connectivity index (χ2v) is 7.05. The first kappa shape index (κ1) is 12.6. The molecule has 2 fully saturated rings. The average Bonchev–Trinajstić information content (AvgIpc) is 2.88. The molecule has 102 valence electrons. The first-order valence-electron chi connectivity index (χ1n) is 6.36. The van der Waals surface area contributed by atoms with Gasteiger partial charge in [-0.2, -0.15) is 4.31 Å². The highest BCUT2D eigenvalue weighted by Gasteiger charge is 2.46. The van der Waals surface area contributed by atoms with Gasteiger partial charge >= 0.3 is 0 Å². The number of fused-ring (bicyclic) bond motifs is 1. The number of nitrogens with zero attached hydrogens (tertiary/aromatic N) is 1. The fourth-order valence-corrected chi connectivity index (χ4v) is 4.51. The maximum atomic E-state index is 12.6. The van der Waals surface area contributed by atoms with Crippen LogP contribution < -0.4 is 5.32 Å². The van der Waals surface area contributed by atoms with Crippen molar-refractivity contribution in [2.45, 2.75) is 36.7 Å². The quantitative estimate of drug-likeness (QED) is 0.865. The highest BCUT2D eigenvalue weighted by molar-refractivity contribution is 7.89. The number of rotatable bonds is 2. The molecule has 0 saturated carbocycles. The van der Waals surface area contributed by atoms with Gasteiger partial charge in [-0.1, -0.05) is 17.7 Å². The Morgan fingerprint density at radius 2 is 1.95 bits per heavy atom. The average molecular weight is 280 g/mol. The summed E-state index contributed by atoms with van der Waals surface area (Å²) in [5.74, 6) is -0.0567. The minimum Gasteiger partial charge on any atom is -0.352 e. The Kier molecular flexibility index (Phi) is 2.87. The summed E-state index contributed by atoms with van der Waals surface area (Å²) >= 11 is 0. The van der Waals surface area contributed by atoms with Crippen LogP contribution in [0.4, 0.5) is 0 Å². The topological polar surface area (TPSA) is 66.5 Å². The minimum absolute atomic E-state index is 0.0206. The van der Waals surface area contributed by atoms with Gasteiger partial charge in [0.1, 0.15) is 0 Å². The number of hydrogen-bond acceptors (Lipinski definition) is 3. The first-order valence-corrected chi connectivity index (χ1v) is 7.80. The van der Waals surface area contributed by atoms with Crippen molar-refractivity contribution in [2.75, 3.05) is 6.54 Å². The number of carbonyl (C=O) groups is 1. The van der Waals surface area contributed by atoms with Crippen molar-refractivity contribution >= 4 is 15.9 Å². The molecule has 2 aliphatic heterocycles. The molecule has 2 saturated heterocycles. The molecule has 19 heavy (non-hydrogen) atoms. The van der Waals surface area contributed by atoms with Gasteiger partial charge in [0.2, 0.25) is 15.9 Å². The zero-order valence-electron chi connectivity index (χ0n) is 10.7. The largest absolute Gasteiger partial charge is 0.352 e. The lowest BCUT2D eigenvalue weighted by Crippen LogP contribution is -2.38. The van der Waals surface area contributed by atoms with Crippen LogP contribution >= 0.6 is 0 Å². The molecule has 0 aliphatic carbocycles. The molecular formula is C13H16N2O3S. The van der Waals surface area contributed by atoms with Gasteiger partial charge in [0.15, 0.2) is 0 Å². The molecule has 5 nitrogen and oxygen atoms in total. The summed E-state index contributed by atoms with van der Waals surface area (Å²) in [7, 11) is -3.49. The van der Waals surface area contributed by atoms with Gasteiger partial charge < -0.3 is 5.32 Å². The van der Waals surface area contributed by atoms with E-state index in [1.165, 1.54) is 4.31 Å². The third-order valence-corrected chi connectivity index (χ3v) is 5.80. The van der Waals surface area contributed by atoms with Crippen molar-refractivity contribution in [2.24, 2.45) is 0 Å². The number of nitrogens with one attached hydrogen (secondary N) is 1. The van der Waals surface area contributed by atoms with E-state index in [1.807, 2.05) is 6.92 Å². The van der Waals surface area contributed by atoms with E-state index in [0.29, 0.717) is 17.9 Å². The Labute approximate surface area is 112 Å². The summed E-state index contributed by atoms with van der Waals surface area (Å²) in [4.78, 5) is 11.7. The van der Waals surface area contributed by atoms with Crippen LogP contribution in [0.5, 0.6) is 0 Å². The van der Waals surface area contributed by atoms with E-state index in [1.54, 1.807) is 24.3 Å². The highest BCUT2D eigenvalue weighted by atomic mass is 32.2. The maximum Gasteiger partial charge on any atom is 0.243 e. The van der Waals surface area contributed by atoms with Crippen molar-refractivity contribution in [1.82, 2.24) is 9.62 Å². The van der Waals surface area contributed by atoms with Crippen LogP contribution in [0.2, 0.25) is 0 Å². The molecule has 1 aromatic carbocycles. The number of amides is 1. The molecule has 0 radical (unpaired) electrons. The van der Waals surface area contributed by atoms with Gasteiger partial charge in [0, 0.05) is 19.0 Å². The van der Waals surface area contributed by atoms with Crippen LogP contribution in [0.3, 0.4) is 0 Å². The number of hydrogen-bond donors (Lipinski definition) is 1. The fraction of sp³-hybridized carbons (Fsp3) is 0.462. The number of carbonyl (C=O) groups excluding carboxylic acids is 1. The zero-order chi connectivity index (χ0) is 13.6. The van der Waals surface area contributed by atoms with Gasteiger partial charge in [0.05, 0.1) is 10.9 Å². The summed E-state index contributed by atoms with van der Waals surface area (Å²) in [5.41, 5.74) is 1.02. The van der Waals surface area contributed by atoms with Crippen molar-refractivity contribution in [3.63, 3.8) is 0 Å². The minimum atomic E-state index is -3.49. The lowest BCUT2D eigenvalue weighted by molar-refractivity contribution is -0.119. The second kappa shape index (κ2) is 4.31. The molecule has 0 unspecified atom stereocenters. The van der Waals surface area contributed by atoms with Gasteiger partial charge in [-0.3, -0.25) is 4.79 Å². The van der Waals surface area contributed by atoms with E-state index in [-0.39, 0.29) is 24.4 Å². The Morgan fingerprint density at radius 1 is 1.26 bits per heavy atom. The van der Waals surface area contributed by atoms with Crippen LogP contribution in [0, 0.1) is 6.92 Å². The van der Waals surface area contributed by atoms with Gasteiger partial charge in [-0.05, 0) is 25.5 Å². The molecule has 1 amide bonds. The third kappa shape index (κ3) is 2.04. The Hall–Kier alpha value is -1.40. The summed E-state index contributed by atoms with van der Waals surface area (Å²) in [6.07, 6.45) is 0.970. The Bertz CT molecular complexity index is 609.